The van der Waals surface area contributed by atoms with E-state index >= 15 is 0 Å². The summed E-state index contributed by atoms with van der Waals surface area (Å²) in [7, 11) is 3.24. The zero-order valence-corrected chi connectivity index (χ0v) is 12.7. The van der Waals surface area contributed by atoms with Crippen molar-refractivity contribution in [3.05, 3.63) is 36.2 Å². The lowest BCUT2D eigenvalue weighted by molar-refractivity contribution is -0.141. The molecule has 0 spiro atoms. The summed E-state index contributed by atoms with van der Waals surface area (Å²) in [5, 5.41) is 5.82. The highest BCUT2D eigenvalue weighted by Crippen LogP contribution is 2.30. The zero-order chi connectivity index (χ0) is 16.9. The summed E-state index contributed by atoms with van der Waals surface area (Å²) in [6.07, 6.45) is -2.87. The zero-order valence-electron chi connectivity index (χ0n) is 12.7. The summed E-state index contributed by atoms with van der Waals surface area (Å²) in [4.78, 5) is 13.1. The van der Waals surface area contributed by atoms with E-state index in [9.17, 15) is 13.2 Å². The minimum absolute atomic E-state index is 0.0636. The maximum absolute atomic E-state index is 12.9. The Hall–Kier alpha value is -2.58. The first-order valence-electron chi connectivity index (χ1n) is 6.88. The molecule has 2 heterocycles. The monoisotopic (exact) mass is 326 g/mol. The second-order valence-electron chi connectivity index (χ2n) is 4.90. The van der Waals surface area contributed by atoms with Crippen molar-refractivity contribution in [2.24, 2.45) is 0 Å². The van der Waals surface area contributed by atoms with Gasteiger partial charge in [-0.25, -0.2) is 9.97 Å². The fourth-order valence-corrected chi connectivity index (χ4v) is 1.72. The van der Waals surface area contributed by atoms with Gasteiger partial charge in [-0.05, 0) is 12.1 Å². The summed E-state index contributed by atoms with van der Waals surface area (Å²) in [6, 6.07) is 6.34. The van der Waals surface area contributed by atoms with Gasteiger partial charge < -0.3 is 15.5 Å². The van der Waals surface area contributed by atoms with Gasteiger partial charge in [0.05, 0.1) is 0 Å². The Morgan fingerprint density at radius 1 is 1.09 bits per heavy atom. The largest absolute Gasteiger partial charge is 0.433 e. The van der Waals surface area contributed by atoms with Gasteiger partial charge in [0, 0.05) is 39.4 Å². The standard InChI is InChI=1S/C14H17F3N6/c1-23(2)12-9-10(14(15,16)17)21-13(22-12)20-8-7-19-11-5-3-4-6-18-11/h3-6,9H,7-8H2,1-2H3,(H,18,19)(H,20,21,22). The third-order valence-corrected chi connectivity index (χ3v) is 2.84. The van der Waals surface area contributed by atoms with Crippen molar-refractivity contribution in [2.45, 2.75) is 6.18 Å². The van der Waals surface area contributed by atoms with E-state index in [0.29, 0.717) is 18.9 Å². The fraction of sp³-hybridized carbons (Fsp3) is 0.357. The summed E-state index contributed by atoms with van der Waals surface area (Å²) in [5.74, 6) is 0.812. The third-order valence-electron chi connectivity index (χ3n) is 2.84. The molecule has 2 N–H and O–H groups in total. The number of hydrogen-bond acceptors (Lipinski definition) is 6. The van der Waals surface area contributed by atoms with Gasteiger partial charge in [-0.2, -0.15) is 18.2 Å². The average molecular weight is 326 g/mol. The summed E-state index contributed by atoms with van der Waals surface area (Å²) >= 11 is 0. The predicted octanol–water partition coefficient (Wildman–Crippen LogP) is 2.48. The van der Waals surface area contributed by atoms with Crippen molar-refractivity contribution in [2.75, 3.05) is 42.7 Å². The number of rotatable bonds is 6. The second-order valence-corrected chi connectivity index (χ2v) is 4.90. The normalized spacial score (nSPS) is 11.2. The van der Waals surface area contributed by atoms with E-state index in [1.165, 1.54) is 4.90 Å². The van der Waals surface area contributed by atoms with Crippen molar-refractivity contribution in [1.29, 1.82) is 0 Å². The molecule has 0 amide bonds. The molecule has 2 aromatic heterocycles. The molecule has 0 unspecified atom stereocenters. The van der Waals surface area contributed by atoms with Gasteiger partial charge in [0.1, 0.15) is 11.6 Å². The minimum Gasteiger partial charge on any atom is -0.368 e. The molecule has 0 aliphatic rings. The van der Waals surface area contributed by atoms with E-state index < -0.39 is 11.9 Å². The van der Waals surface area contributed by atoms with E-state index in [1.54, 1.807) is 32.4 Å². The van der Waals surface area contributed by atoms with Gasteiger partial charge in [-0.15, -0.1) is 0 Å². The molecule has 0 aromatic carbocycles. The van der Waals surface area contributed by atoms with Gasteiger partial charge in [-0.1, -0.05) is 6.07 Å². The lowest BCUT2D eigenvalue weighted by Crippen LogP contribution is -2.20. The molecule has 2 rings (SSSR count). The van der Waals surface area contributed by atoms with Crippen LogP contribution in [0, 0.1) is 0 Å². The maximum atomic E-state index is 12.9. The molecule has 2 aromatic rings. The Bertz CT molecular complexity index is 630. The van der Waals surface area contributed by atoms with Crippen LogP contribution in [0.4, 0.5) is 30.8 Å². The van der Waals surface area contributed by atoms with E-state index in [0.717, 1.165) is 6.07 Å². The highest BCUT2D eigenvalue weighted by atomic mass is 19.4. The minimum atomic E-state index is -4.52. The lowest BCUT2D eigenvalue weighted by Gasteiger charge is -2.16. The van der Waals surface area contributed by atoms with Crippen LogP contribution in [-0.4, -0.2) is 42.1 Å². The van der Waals surface area contributed by atoms with Crippen LogP contribution in [-0.2, 0) is 6.18 Å². The van der Waals surface area contributed by atoms with E-state index in [-0.39, 0.29) is 11.8 Å². The molecule has 0 aliphatic heterocycles. The van der Waals surface area contributed by atoms with Gasteiger partial charge in [0.2, 0.25) is 5.95 Å². The molecular formula is C14H17F3N6. The molecule has 0 radical (unpaired) electrons. The molecule has 0 aliphatic carbocycles. The Morgan fingerprint density at radius 2 is 1.83 bits per heavy atom. The van der Waals surface area contributed by atoms with Crippen molar-refractivity contribution in [1.82, 2.24) is 15.0 Å². The topological polar surface area (TPSA) is 66.0 Å². The van der Waals surface area contributed by atoms with Crippen molar-refractivity contribution >= 4 is 17.6 Å². The first kappa shape index (κ1) is 16.8. The van der Waals surface area contributed by atoms with Crippen LogP contribution in [0.5, 0.6) is 0 Å². The average Bonchev–Trinajstić information content (AvgIpc) is 2.51. The number of alkyl halides is 3. The first-order chi connectivity index (χ1) is 10.9. The molecule has 23 heavy (non-hydrogen) atoms. The van der Waals surface area contributed by atoms with Gasteiger partial charge in [0.25, 0.3) is 0 Å². The lowest BCUT2D eigenvalue weighted by atomic mass is 10.3. The summed E-state index contributed by atoms with van der Waals surface area (Å²) in [6.45, 7) is 0.818. The van der Waals surface area contributed by atoms with Gasteiger partial charge in [-0.3, -0.25) is 0 Å². The van der Waals surface area contributed by atoms with Crippen LogP contribution in [0.2, 0.25) is 0 Å². The quantitative estimate of drug-likeness (QED) is 0.795. The molecular weight excluding hydrogens is 309 g/mol. The van der Waals surface area contributed by atoms with Gasteiger partial charge >= 0.3 is 6.18 Å². The van der Waals surface area contributed by atoms with Crippen molar-refractivity contribution < 1.29 is 13.2 Å². The highest BCUT2D eigenvalue weighted by molar-refractivity contribution is 5.44. The maximum Gasteiger partial charge on any atom is 0.433 e. The SMILES string of the molecule is CN(C)c1cc(C(F)(F)F)nc(NCCNc2ccccn2)n1. The predicted molar refractivity (Wildman–Crippen MR) is 82.6 cm³/mol. The molecule has 0 atom stereocenters. The Labute approximate surface area is 131 Å². The van der Waals surface area contributed by atoms with Crippen molar-refractivity contribution in [3.63, 3.8) is 0 Å². The van der Waals surface area contributed by atoms with Crippen LogP contribution in [0.15, 0.2) is 30.5 Å². The van der Waals surface area contributed by atoms with Crippen LogP contribution < -0.4 is 15.5 Å². The molecule has 9 heteroatoms. The highest BCUT2D eigenvalue weighted by Gasteiger charge is 2.33. The van der Waals surface area contributed by atoms with Crippen LogP contribution in [0.3, 0.4) is 0 Å². The number of aromatic nitrogens is 3. The Balaban J connectivity index is 2.00. The molecule has 124 valence electrons. The molecule has 0 saturated carbocycles. The van der Waals surface area contributed by atoms with E-state index in [2.05, 4.69) is 25.6 Å². The molecule has 0 bridgehead atoms. The van der Waals surface area contributed by atoms with E-state index in [1.807, 2.05) is 6.07 Å². The Kier molecular flexibility index (Phi) is 5.20. The number of nitrogens with zero attached hydrogens (tertiary/aromatic N) is 4. The number of pyridine rings is 1. The van der Waals surface area contributed by atoms with Crippen LogP contribution in [0.25, 0.3) is 0 Å². The van der Waals surface area contributed by atoms with E-state index in [4.69, 9.17) is 0 Å². The number of halogens is 3. The third kappa shape index (κ3) is 4.97. The number of anilines is 3. The van der Waals surface area contributed by atoms with Crippen LogP contribution in [0.1, 0.15) is 5.69 Å². The summed E-state index contributed by atoms with van der Waals surface area (Å²) in [5.41, 5.74) is -0.976. The Morgan fingerprint density at radius 3 is 2.43 bits per heavy atom. The summed E-state index contributed by atoms with van der Waals surface area (Å²) < 4.78 is 38.6. The number of hydrogen-bond donors (Lipinski definition) is 2. The number of nitrogens with one attached hydrogen (secondary N) is 2. The smallest absolute Gasteiger partial charge is 0.368 e. The molecule has 0 saturated heterocycles. The fourth-order valence-electron chi connectivity index (χ4n) is 1.72. The van der Waals surface area contributed by atoms with Crippen LogP contribution >= 0.6 is 0 Å². The molecule has 0 fully saturated rings. The molecule has 6 nitrogen and oxygen atoms in total. The van der Waals surface area contributed by atoms with Gasteiger partial charge in [0.15, 0.2) is 5.69 Å². The van der Waals surface area contributed by atoms with Crippen molar-refractivity contribution in [3.8, 4) is 0 Å². The second kappa shape index (κ2) is 7.12. The first-order valence-corrected chi connectivity index (χ1v) is 6.88.